The van der Waals surface area contributed by atoms with Gasteiger partial charge in [-0.3, -0.25) is 0 Å². The molecule has 0 aliphatic carbocycles. The van der Waals surface area contributed by atoms with Crippen LogP contribution in [-0.4, -0.2) is 20.2 Å². The fraction of sp³-hybridized carbons (Fsp3) is 0.154. The van der Waals surface area contributed by atoms with E-state index in [1.807, 2.05) is 56.3 Å². The van der Waals surface area contributed by atoms with Crippen molar-refractivity contribution in [1.82, 2.24) is 20.2 Å². The monoisotopic (exact) mass is 242 g/mol. The largest absolute Gasteiger partial charge is 0.365 e. The van der Waals surface area contributed by atoms with E-state index in [0.717, 1.165) is 10.8 Å². The van der Waals surface area contributed by atoms with Gasteiger partial charge in [-0.2, -0.15) is 4.68 Å². The van der Waals surface area contributed by atoms with Crippen molar-refractivity contribution in [3.63, 3.8) is 0 Å². The van der Waals surface area contributed by atoms with E-state index in [1.54, 1.807) is 0 Å². The summed E-state index contributed by atoms with van der Waals surface area (Å²) < 4.78 is 1.23. The fourth-order valence-electron chi connectivity index (χ4n) is 1.68. The SMILES string of the molecule is CC.O=c1[nH]nnn1-c1ccc2ccccc2c1. The molecule has 0 aliphatic rings. The summed E-state index contributed by atoms with van der Waals surface area (Å²) in [5.41, 5.74) is 0.368. The first kappa shape index (κ1) is 12.0. The van der Waals surface area contributed by atoms with Crippen molar-refractivity contribution in [3.8, 4) is 5.69 Å². The zero-order valence-corrected chi connectivity index (χ0v) is 10.3. The molecule has 0 amide bonds. The highest BCUT2D eigenvalue weighted by atomic mass is 16.2. The van der Waals surface area contributed by atoms with Crippen LogP contribution in [0.15, 0.2) is 47.3 Å². The molecule has 2 aromatic carbocycles. The van der Waals surface area contributed by atoms with Crippen molar-refractivity contribution in [1.29, 1.82) is 0 Å². The van der Waals surface area contributed by atoms with Gasteiger partial charge in [0, 0.05) is 0 Å². The molecular formula is C13H14N4O. The zero-order valence-electron chi connectivity index (χ0n) is 10.3. The van der Waals surface area contributed by atoms with Gasteiger partial charge in [0.15, 0.2) is 0 Å². The van der Waals surface area contributed by atoms with Gasteiger partial charge in [0.2, 0.25) is 0 Å². The third kappa shape index (κ3) is 2.15. The van der Waals surface area contributed by atoms with Gasteiger partial charge in [0.1, 0.15) is 0 Å². The standard InChI is InChI=1S/C11H8N4O.C2H6/c16-11-12-13-14-15(11)10-6-5-8-3-1-2-4-9(8)7-10;1-2/h1-7H,(H,12,14,16);1-2H3. The number of H-pyrrole nitrogens is 1. The van der Waals surface area contributed by atoms with Gasteiger partial charge in [0.25, 0.3) is 0 Å². The van der Waals surface area contributed by atoms with Crippen LogP contribution in [0.4, 0.5) is 0 Å². The average molecular weight is 242 g/mol. The Morgan fingerprint density at radius 3 is 2.44 bits per heavy atom. The van der Waals surface area contributed by atoms with Gasteiger partial charge in [-0.1, -0.05) is 44.2 Å². The molecule has 1 N–H and O–H groups in total. The van der Waals surface area contributed by atoms with Gasteiger partial charge in [-0.05, 0) is 33.3 Å². The fourth-order valence-corrected chi connectivity index (χ4v) is 1.68. The molecule has 18 heavy (non-hydrogen) atoms. The third-order valence-corrected chi connectivity index (χ3v) is 2.45. The van der Waals surface area contributed by atoms with Crippen LogP contribution in [0.2, 0.25) is 0 Å². The van der Waals surface area contributed by atoms with Gasteiger partial charge >= 0.3 is 5.69 Å². The van der Waals surface area contributed by atoms with Gasteiger partial charge in [-0.25, -0.2) is 9.89 Å². The molecule has 0 fully saturated rings. The Hall–Kier alpha value is -2.43. The van der Waals surface area contributed by atoms with Crippen LogP contribution in [0.3, 0.4) is 0 Å². The van der Waals surface area contributed by atoms with Crippen LogP contribution >= 0.6 is 0 Å². The van der Waals surface area contributed by atoms with Crippen LogP contribution in [0.5, 0.6) is 0 Å². The van der Waals surface area contributed by atoms with Crippen molar-refractivity contribution in [2.45, 2.75) is 13.8 Å². The van der Waals surface area contributed by atoms with Crippen molar-refractivity contribution >= 4 is 10.8 Å². The summed E-state index contributed by atoms with van der Waals surface area (Å²) in [5, 5.41) is 11.6. The summed E-state index contributed by atoms with van der Waals surface area (Å²) in [7, 11) is 0. The molecule has 92 valence electrons. The molecule has 3 aromatic rings. The minimum atomic E-state index is -0.338. The van der Waals surface area contributed by atoms with Crippen molar-refractivity contribution in [3.05, 3.63) is 52.9 Å². The van der Waals surface area contributed by atoms with E-state index >= 15 is 0 Å². The average Bonchev–Trinajstić information content (AvgIpc) is 2.87. The van der Waals surface area contributed by atoms with E-state index in [2.05, 4.69) is 15.5 Å². The van der Waals surface area contributed by atoms with Crippen molar-refractivity contribution in [2.24, 2.45) is 0 Å². The van der Waals surface area contributed by atoms with Crippen LogP contribution in [0, 0.1) is 0 Å². The molecule has 0 saturated carbocycles. The van der Waals surface area contributed by atoms with Gasteiger partial charge < -0.3 is 0 Å². The lowest BCUT2D eigenvalue weighted by Crippen LogP contribution is -2.15. The number of rotatable bonds is 1. The molecule has 1 aromatic heterocycles. The van der Waals surface area contributed by atoms with E-state index < -0.39 is 0 Å². The lowest BCUT2D eigenvalue weighted by molar-refractivity contribution is 0.780. The quantitative estimate of drug-likeness (QED) is 0.711. The summed E-state index contributed by atoms with van der Waals surface area (Å²) in [4.78, 5) is 11.3. The number of hydrogen-bond donors (Lipinski definition) is 1. The lowest BCUT2D eigenvalue weighted by Gasteiger charge is -2.01. The molecule has 0 saturated heterocycles. The van der Waals surface area contributed by atoms with E-state index in [-0.39, 0.29) is 5.69 Å². The molecular weight excluding hydrogens is 228 g/mol. The van der Waals surface area contributed by atoms with Crippen molar-refractivity contribution < 1.29 is 0 Å². The number of tetrazole rings is 1. The molecule has 1 heterocycles. The Bertz CT molecular complexity index is 699. The zero-order chi connectivity index (χ0) is 13.0. The minimum absolute atomic E-state index is 0.338. The summed E-state index contributed by atoms with van der Waals surface area (Å²) in [6.45, 7) is 4.00. The van der Waals surface area contributed by atoms with E-state index in [4.69, 9.17) is 0 Å². The first-order valence-corrected chi connectivity index (χ1v) is 5.84. The molecule has 0 atom stereocenters. The Labute approximate surface area is 104 Å². The van der Waals surface area contributed by atoms with Gasteiger partial charge in [0.05, 0.1) is 5.69 Å². The van der Waals surface area contributed by atoms with E-state index in [9.17, 15) is 4.79 Å². The highest BCUT2D eigenvalue weighted by Crippen LogP contribution is 2.16. The summed E-state index contributed by atoms with van der Waals surface area (Å²) in [6, 6.07) is 13.6. The number of nitrogens with one attached hydrogen (secondary N) is 1. The molecule has 5 nitrogen and oxygen atoms in total. The van der Waals surface area contributed by atoms with Gasteiger partial charge in [-0.15, -0.1) is 0 Å². The third-order valence-electron chi connectivity index (χ3n) is 2.45. The Morgan fingerprint density at radius 2 is 1.78 bits per heavy atom. The predicted molar refractivity (Wildman–Crippen MR) is 70.8 cm³/mol. The first-order chi connectivity index (χ1) is 8.84. The normalized spacial score (nSPS) is 9.89. The number of hydrogen-bond acceptors (Lipinski definition) is 3. The van der Waals surface area contributed by atoms with Crippen LogP contribution in [0.25, 0.3) is 16.5 Å². The maximum absolute atomic E-state index is 11.3. The molecule has 5 heteroatoms. The maximum atomic E-state index is 11.3. The number of nitrogens with zero attached hydrogens (tertiary/aromatic N) is 3. The summed E-state index contributed by atoms with van der Waals surface area (Å²) >= 11 is 0. The van der Waals surface area contributed by atoms with Crippen molar-refractivity contribution in [2.75, 3.05) is 0 Å². The molecule has 0 radical (unpaired) electrons. The van der Waals surface area contributed by atoms with E-state index in [1.165, 1.54) is 4.68 Å². The smallest absolute Gasteiger partial charge is 0.244 e. The second-order valence-electron chi connectivity index (χ2n) is 3.45. The minimum Gasteiger partial charge on any atom is -0.244 e. The number of aromatic amines is 1. The lowest BCUT2D eigenvalue weighted by atomic mass is 10.1. The maximum Gasteiger partial charge on any atom is 0.365 e. The molecule has 0 aliphatic heterocycles. The first-order valence-electron chi connectivity index (χ1n) is 5.84. The van der Waals surface area contributed by atoms with Crippen LogP contribution < -0.4 is 5.69 Å². The molecule has 3 rings (SSSR count). The molecule has 0 bridgehead atoms. The highest BCUT2D eigenvalue weighted by molar-refractivity contribution is 5.84. The second kappa shape index (κ2) is 5.27. The van der Waals surface area contributed by atoms with Crippen LogP contribution in [-0.2, 0) is 0 Å². The number of aromatic nitrogens is 4. The number of benzene rings is 2. The predicted octanol–water partition coefficient (Wildman–Crippen LogP) is 2.13. The topological polar surface area (TPSA) is 63.6 Å². The Kier molecular flexibility index (Phi) is 3.52. The molecule has 0 spiro atoms. The highest BCUT2D eigenvalue weighted by Gasteiger charge is 2.02. The number of fused-ring (bicyclic) bond motifs is 1. The van der Waals surface area contributed by atoms with E-state index in [0.29, 0.717) is 5.69 Å². The second-order valence-corrected chi connectivity index (χ2v) is 3.45. The Balaban J connectivity index is 0.000000574. The Morgan fingerprint density at radius 1 is 1.06 bits per heavy atom. The van der Waals surface area contributed by atoms with Crippen LogP contribution in [0.1, 0.15) is 13.8 Å². The summed E-state index contributed by atoms with van der Waals surface area (Å²) in [6.07, 6.45) is 0. The summed E-state index contributed by atoms with van der Waals surface area (Å²) in [5.74, 6) is 0. The molecule has 0 unspecified atom stereocenters.